The van der Waals surface area contributed by atoms with Crippen LogP contribution in [0.25, 0.3) is 0 Å². The van der Waals surface area contributed by atoms with Crippen molar-refractivity contribution in [3.63, 3.8) is 0 Å². The van der Waals surface area contributed by atoms with Gasteiger partial charge in [0.05, 0.1) is 7.11 Å². The van der Waals surface area contributed by atoms with Crippen LogP contribution in [0.2, 0.25) is 0 Å². The predicted molar refractivity (Wildman–Crippen MR) is 87.0 cm³/mol. The zero-order chi connectivity index (χ0) is 14.8. The van der Waals surface area contributed by atoms with Crippen molar-refractivity contribution in [1.82, 2.24) is 0 Å². The standard InChI is InChI=1S/C19H23NO/c1-3-18(20)19-16-7-5-4-6-13(16)8-9-14-12-15(21-2)10-11-17(14)19/h4-7,10-12,18-19H,3,8-9,20H2,1-2H3. The molecule has 0 amide bonds. The van der Waals surface area contributed by atoms with Gasteiger partial charge in [-0.1, -0.05) is 37.3 Å². The van der Waals surface area contributed by atoms with Crippen molar-refractivity contribution in [2.24, 2.45) is 5.73 Å². The second-order valence-corrected chi connectivity index (χ2v) is 5.81. The third-order valence-corrected chi connectivity index (χ3v) is 4.64. The van der Waals surface area contributed by atoms with Gasteiger partial charge in [0.1, 0.15) is 5.75 Å². The Morgan fingerprint density at radius 2 is 1.81 bits per heavy atom. The van der Waals surface area contributed by atoms with Crippen molar-refractivity contribution < 1.29 is 4.74 Å². The summed E-state index contributed by atoms with van der Waals surface area (Å²) in [5, 5.41) is 0. The summed E-state index contributed by atoms with van der Waals surface area (Å²) >= 11 is 0. The summed E-state index contributed by atoms with van der Waals surface area (Å²) in [6.07, 6.45) is 3.10. The van der Waals surface area contributed by atoms with Gasteiger partial charge < -0.3 is 10.5 Å². The molecule has 0 bridgehead atoms. The second-order valence-electron chi connectivity index (χ2n) is 5.81. The molecule has 3 rings (SSSR count). The molecule has 21 heavy (non-hydrogen) atoms. The van der Waals surface area contributed by atoms with Gasteiger partial charge in [0.15, 0.2) is 0 Å². The maximum atomic E-state index is 6.49. The topological polar surface area (TPSA) is 35.2 Å². The number of ether oxygens (including phenoxy) is 1. The third kappa shape index (κ3) is 2.56. The predicted octanol–water partition coefficient (Wildman–Crippen LogP) is 3.66. The minimum absolute atomic E-state index is 0.149. The Labute approximate surface area is 126 Å². The summed E-state index contributed by atoms with van der Waals surface area (Å²) in [6.45, 7) is 2.17. The lowest BCUT2D eigenvalue weighted by atomic mass is 9.82. The average Bonchev–Trinajstić information content (AvgIpc) is 2.70. The van der Waals surface area contributed by atoms with Gasteiger partial charge in [0.25, 0.3) is 0 Å². The van der Waals surface area contributed by atoms with Crippen LogP contribution in [0.15, 0.2) is 42.5 Å². The third-order valence-electron chi connectivity index (χ3n) is 4.64. The van der Waals surface area contributed by atoms with Crippen molar-refractivity contribution in [2.45, 2.75) is 38.1 Å². The van der Waals surface area contributed by atoms with Crippen molar-refractivity contribution in [2.75, 3.05) is 7.11 Å². The van der Waals surface area contributed by atoms with Crippen molar-refractivity contribution in [3.8, 4) is 5.75 Å². The Kier molecular flexibility index (Phi) is 3.98. The van der Waals surface area contributed by atoms with E-state index in [1.54, 1.807) is 7.11 Å². The number of hydrogen-bond donors (Lipinski definition) is 1. The maximum Gasteiger partial charge on any atom is 0.119 e. The molecular weight excluding hydrogens is 258 g/mol. The molecule has 2 aromatic carbocycles. The molecule has 1 aliphatic carbocycles. The quantitative estimate of drug-likeness (QED) is 0.931. The lowest BCUT2D eigenvalue weighted by Crippen LogP contribution is -2.29. The zero-order valence-electron chi connectivity index (χ0n) is 12.8. The highest BCUT2D eigenvalue weighted by Crippen LogP contribution is 2.37. The number of hydrogen-bond acceptors (Lipinski definition) is 2. The lowest BCUT2D eigenvalue weighted by molar-refractivity contribution is 0.414. The van der Waals surface area contributed by atoms with Crippen LogP contribution in [-0.2, 0) is 12.8 Å². The minimum atomic E-state index is 0.149. The van der Waals surface area contributed by atoms with Crippen LogP contribution in [0.1, 0.15) is 41.5 Å². The van der Waals surface area contributed by atoms with Gasteiger partial charge in [-0.3, -0.25) is 0 Å². The monoisotopic (exact) mass is 281 g/mol. The molecule has 0 saturated carbocycles. The summed E-state index contributed by atoms with van der Waals surface area (Å²) in [4.78, 5) is 0. The van der Waals surface area contributed by atoms with Crippen LogP contribution in [0, 0.1) is 0 Å². The Bertz CT molecular complexity index is 635. The van der Waals surface area contributed by atoms with Gasteiger partial charge in [-0.2, -0.15) is 0 Å². The van der Waals surface area contributed by atoms with E-state index in [1.807, 2.05) is 0 Å². The summed E-state index contributed by atoms with van der Waals surface area (Å²) in [6, 6.07) is 15.3. The van der Waals surface area contributed by atoms with Crippen LogP contribution >= 0.6 is 0 Å². The second kappa shape index (κ2) is 5.90. The first-order valence-electron chi connectivity index (χ1n) is 7.74. The fourth-order valence-corrected chi connectivity index (χ4v) is 3.43. The van der Waals surface area contributed by atoms with Gasteiger partial charge in [-0.15, -0.1) is 0 Å². The first kappa shape index (κ1) is 14.2. The van der Waals surface area contributed by atoms with Gasteiger partial charge in [-0.05, 0) is 53.6 Å². The highest BCUT2D eigenvalue weighted by Gasteiger charge is 2.27. The number of rotatable bonds is 3. The van der Waals surface area contributed by atoms with Crippen LogP contribution < -0.4 is 10.5 Å². The van der Waals surface area contributed by atoms with Gasteiger partial charge >= 0.3 is 0 Å². The van der Waals surface area contributed by atoms with Gasteiger partial charge in [-0.25, -0.2) is 0 Å². The molecule has 2 nitrogen and oxygen atoms in total. The van der Waals surface area contributed by atoms with Gasteiger partial charge in [0, 0.05) is 12.0 Å². The fraction of sp³-hybridized carbons (Fsp3) is 0.368. The van der Waals surface area contributed by atoms with E-state index in [4.69, 9.17) is 10.5 Å². The molecule has 2 aromatic rings. The van der Waals surface area contributed by atoms with Gasteiger partial charge in [0.2, 0.25) is 0 Å². The normalized spacial score (nSPS) is 18.3. The molecule has 0 saturated heterocycles. The maximum absolute atomic E-state index is 6.49. The van der Waals surface area contributed by atoms with E-state index in [0.717, 1.165) is 25.0 Å². The smallest absolute Gasteiger partial charge is 0.119 e. The molecule has 2 unspecified atom stereocenters. The Morgan fingerprint density at radius 3 is 2.57 bits per heavy atom. The molecule has 2 heteroatoms. The Hall–Kier alpha value is -1.80. The van der Waals surface area contributed by atoms with Crippen molar-refractivity contribution in [1.29, 1.82) is 0 Å². The molecule has 0 radical (unpaired) electrons. The molecule has 0 aliphatic heterocycles. The highest BCUT2D eigenvalue weighted by atomic mass is 16.5. The van der Waals surface area contributed by atoms with E-state index in [0.29, 0.717) is 0 Å². The zero-order valence-corrected chi connectivity index (χ0v) is 12.8. The van der Waals surface area contributed by atoms with E-state index in [1.165, 1.54) is 22.3 Å². The number of aryl methyl sites for hydroxylation is 2. The van der Waals surface area contributed by atoms with Crippen molar-refractivity contribution >= 4 is 0 Å². The average molecular weight is 281 g/mol. The van der Waals surface area contributed by atoms with E-state index in [2.05, 4.69) is 49.4 Å². The number of methoxy groups -OCH3 is 1. The lowest BCUT2D eigenvalue weighted by Gasteiger charge is -2.26. The molecule has 0 heterocycles. The highest BCUT2D eigenvalue weighted by molar-refractivity contribution is 5.48. The summed E-state index contributed by atoms with van der Waals surface area (Å²) < 4.78 is 5.39. The molecule has 0 fully saturated rings. The SMILES string of the molecule is CCC(N)C1c2ccccc2CCc2cc(OC)ccc21. The van der Waals surface area contributed by atoms with E-state index >= 15 is 0 Å². The number of fused-ring (bicyclic) bond motifs is 2. The summed E-state index contributed by atoms with van der Waals surface area (Å²) in [5.41, 5.74) is 12.1. The Morgan fingerprint density at radius 1 is 1.10 bits per heavy atom. The Balaban J connectivity index is 2.16. The van der Waals surface area contributed by atoms with Crippen LogP contribution in [0.5, 0.6) is 5.75 Å². The van der Waals surface area contributed by atoms with E-state index in [-0.39, 0.29) is 12.0 Å². The molecule has 2 atom stereocenters. The largest absolute Gasteiger partial charge is 0.497 e. The van der Waals surface area contributed by atoms with Crippen LogP contribution in [0.4, 0.5) is 0 Å². The number of benzene rings is 2. The number of nitrogens with two attached hydrogens (primary N) is 1. The van der Waals surface area contributed by atoms with E-state index < -0.39 is 0 Å². The molecule has 0 aromatic heterocycles. The van der Waals surface area contributed by atoms with Crippen molar-refractivity contribution in [3.05, 3.63) is 64.7 Å². The molecule has 2 N–H and O–H groups in total. The summed E-state index contributed by atoms with van der Waals surface area (Å²) in [7, 11) is 1.72. The van der Waals surface area contributed by atoms with E-state index in [9.17, 15) is 0 Å². The minimum Gasteiger partial charge on any atom is -0.497 e. The molecular formula is C19H23NO. The molecule has 1 aliphatic rings. The first-order valence-corrected chi connectivity index (χ1v) is 7.74. The molecule has 0 spiro atoms. The molecule has 110 valence electrons. The first-order chi connectivity index (χ1) is 10.2. The fourth-order valence-electron chi connectivity index (χ4n) is 3.43. The summed E-state index contributed by atoms with van der Waals surface area (Å²) in [5.74, 6) is 1.22. The van der Waals surface area contributed by atoms with Crippen LogP contribution in [-0.4, -0.2) is 13.2 Å². The van der Waals surface area contributed by atoms with Crippen LogP contribution in [0.3, 0.4) is 0 Å².